The molecule has 3 nitrogen and oxygen atoms in total. The summed E-state index contributed by atoms with van der Waals surface area (Å²) in [5, 5.41) is 10.2. The molecule has 2 rings (SSSR count). The van der Waals surface area contributed by atoms with E-state index in [4.69, 9.17) is 0 Å². The highest BCUT2D eigenvalue weighted by Gasteiger charge is 2.22. The average molecular weight is 224 g/mol. The van der Waals surface area contributed by atoms with E-state index in [9.17, 15) is 4.79 Å². The third-order valence-corrected chi connectivity index (χ3v) is 3.57. The predicted molar refractivity (Wildman–Crippen MR) is 62.2 cm³/mol. The van der Waals surface area contributed by atoms with Gasteiger partial charge in [-0.15, -0.1) is 0 Å². The van der Waals surface area contributed by atoms with E-state index in [1.54, 1.807) is 11.3 Å². The van der Waals surface area contributed by atoms with E-state index < -0.39 is 0 Å². The Morgan fingerprint density at radius 1 is 1.67 bits per heavy atom. The van der Waals surface area contributed by atoms with E-state index in [-0.39, 0.29) is 5.91 Å². The highest BCUT2D eigenvalue weighted by molar-refractivity contribution is 7.08. The molecule has 2 heterocycles. The lowest BCUT2D eigenvalue weighted by molar-refractivity contribution is 0.0914. The minimum absolute atomic E-state index is 0.0648. The van der Waals surface area contributed by atoms with E-state index >= 15 is 0 Å². The van der Waals surface area contributed by atoms with Crippen LogP contribution in [0.5, 0.6) is 0 Å². The van der Waals surface area contributed by atoms with E-state index in [2.05, 4.69) is 17.6 Å². The van der Waals surface area contributed by atoms with Crippen molar-refractivity contribution in [2.24, 2.45) is 5.92 Å². The van der Waals surface area contributed by atoms with Crippen LogP contribution < -0.4 is 10.6 Å². The van der Waals surface area contributed by atoms with Crippen molar-refractivity contribution in [2.45, 2.75) is 19.4 Å². The Kier molecular flexibility index (Phi) is 3.38. The van der Waals surface area contributed by atoms with Crippen molar-refractivity contribution in [3.05, 3.63) is 22.4 Å². The van der Waals surface area contributed by atoms with Crippen LogP contribution in [-0.4, -0.2) is 25.0 Å². The highest BCUT2D eigenvalue weighted by atomic mass is 32.1. The van der Waals surface area contributed by atoms with E-state index in [1.165, 1.54) is 0 Å². The number of nitrogens with one attached hydrogen (secondary N) is 2. The van der Waals surface area contributed by atoms with E-state index in [0.717, 1.165) is 25.1 Å². The zero-order valence-electron chi connectivity index (χ0n) is 8.82. The molecule has 2 N–H and O–H groups in total. The lowest BCUT2D eigenvalue weighted by atomic mass is 9.95. The van der Waals surface area contributed by atoms with Gasteiger partial charge in [0.1, 0.15) is 0 Å². The van der Waals surface area contributed by atoms with Crippen molar-refractivity contribution in [2.75, 3.05) is 13.1 Å². The van der Waals surface area contributed by atoms with Crippen molar-refractivity contribution < 1.29 is 4.79 Å². The maximum absolute atomic E-state index is 11.8. The minimum atomic E-state index is 0.0648. The zero-order chi connectivity index (χ0) is 10.7. The molecule has 1 amide bonds. The van der Waals surface area contributed by atoms with Crippen LogP contribution in [0.2, 0.25) is 0 Å². The molecule has 1 aromatic rings. The maximum atomic E-state index is 11.8. The van der Waals surface area contributed by atoms with Gasteiger partial charge in [0.25, 0.3) is 5.91 Å². The summed E-state index contributed by atoms with van der Waals surface area (Å²) in [5.41, 5.74) is 0.783. The van der Waals surface area contributed by atoms with Gasteiger partial charge >= 0.3 is 0 Å². The number of rotatable bonds is 2. The Morgan fingerprint density at radius 3 is 3.20 bits per heavy atom. The first kappa shape index (κ1) is 10.6. The Labute approximate surface area is 93.9 Å². The zero-order valence-corrected chi connectivity index (χ0v) is 9.64. The van der Waals surface area contributed by atoms with Crippen molar-refractivity contribution in [1.82, 2.24) is 10.6 Å². The molecule has 1 aliphatic heterocycles. The van der Waals surface area contributed by atoms with Gasteiger partial charge in [0.2, 0.25) is 0 Å². The van der Waals surface area contributed by atoms with Gasteiger partial charge in [-0.3, -0.25) is 4.79 Å². The molecule has 15 heavy (non-hydrogen) atoms. The number of carbonyl (C=O) groups is 1. The van der Waals surface area contributed by atoms with Crippen LogP contribution in [0.4, 0.5) is 0 Å². The van der Waals surface area contributed by atoms with Crippen molar-refractivity contribution in [3.63, 3.8) is 0 Å². The largest absolute Gasteiger partial charge is 0.349 e. The number of hydrogen-bond donors (Lipinski definition) is 2. The standard InChI is InChI=1S/C11H16N2OS/c1-8-6-12-4-2-10(8)13-11(14)9-3-5-15-7-9/h3,5,7-8,10,12H,2,4,6H2,1H3,(H,13,14). The number of hydrogen-bond acceptors (Lipinski definition) is 3. The number of carbonyl (C=O) groups excluding carboxylic acids is 1. The molecule has 0 radical (unpaired) electrons. The molecule has 1 aromatic heterocycles. The summed E-state index contributed by atoms with van der Waals surface area (Å²) >= 11 is 1.56. The molecule has 2 atom stereocenters. The van der Waals surface area contributed by atoms with Gasteiger partial charge in [0, 0.05) is 17.0 Å². The summed E-state index contributed by atoms with van der Waals surface area (Å²) < 4.78 is 0. The topological polar surface area (TPSA) is 41.1 Å². The second-order valence-electron chi connectivity index (χ2n) is 4.06. The van der Waals surface area contributed by atoms with Gasteiger partial charge in [-0.05, 0) is 36.9 Å². The van der Waals surface area contributed by atoms with Crippen molar-refractivity contribution >= 4 is 17.2 Å². The molecule has 0 aliphatic carbocycles. The van der Waals surface area contributed by atoms with Crippen molar-refractivity contribution in [3.8, 4) is 0 Å². The molecule has 1 saturated heterocycles. The minimum Gasteiger partial charge on any atom is -0.349 e. The Morgan fingerprint density at radius 2 is 2.53 bits per heavy atom. The number of thiophene rings is 1. The normalized spacial score (nSPS) is 26.2. The smallest absolute Gasteiger partial charge is 0.252 e. The fraction of sp³-hybridized carbons (Fsp3) is 0.545. The molecule has 82 valence electrons. The molecule has 1 fully saturated rings. The number of piperidine rings is 1. The van der Waals surface area contributed by atoms with Crippen molar-refractivity contribution in [1.29, 1.82) is 0 Å². The molecule has 0 saturated carbocycles. The first-order chi connectivity index (χ1) is 7.27. The van der Waals surface area contributed by atoms with Crippen LogP contribution in [0.25, 0.3) is 0 Å². The van der Waals surface area contributed by atoms with Gasteiger partial charge in [-0.25, -0.2) is 0 Å². The Balaban J connectivity index is 1.93. The van der Waals surface area contributed by atoms with Gasteiger partial charge in [-0.2, -0.15) is 11.3 Å². The van der Waals surface area contributed by atoms with E-state index in [0.29, 0.717) is 12.0 Å². The summed E-state index contributed by atoms with van der Waals surface area (Å²) in [7, 11) is 0. The molecular formula is C11H16N2OS. The summed E-state index contributed by atoms with van der Waals surface area (Å²) in [6.45, 7) is 4.16. The van der Waals surface area contributed by atoms with Gasteiger partial charge in [-0.1, -0.05) is 6.92 Å². The van der Waals surface area contributed by atoms with Gasteiger partial charge in [0.05, 0.1) is 0 Å². The molecule has 0 bridgehead atoms. The van der Waals surface area contributed by atoms with Crippen LogP contribution >= 0.6 is 11.3 Å². The lowest BCUT2D eigenvalue weighted by Gasteiger charge is -2.30. The quantitative estimate of drug-likeness (QED) is 0.799. The molecule has 0 aromatic carbocycles. The van der Waals surface area contributed by atoms with Gasteiger partial charge < -0.3 is 10.6 Å². The maximum Gasteiger partial charge on any atom is 0.252 e. The van der Waals surface area contributed by atoms with E-state index in [1.807, 2.05) is 16.8 Å². The van der Waals surface area contributed by atoms with Crippen LogP contribution in [0.3, 0.4) is 0 Å². The molecule has 1 aliphatic rings. The highest BCUT2D eigenvalue weighted by Crippen LogP contribution is 2.12. The summed E-state index contributed by atoms with van der Waals surface area (Å²) in [4.78, 5) is 11.8. The summed E-state index contributed by atoms with van der Waals surface area (Å²) in [6, 6.07) is 2.19. The molecule has 0 spiro atoms. The van der Waals surface area contributed by atoms with Crippen LogP contribution in [0.15, 0.2) is 16.8 Å². The fourth-order valence-electron chi connectivity index (χ4n) is 1.87. The molecule has 4 heteroatoms. The van der Waals surface area contributed by atoms with Crippen LogP contribution in [0, 0.1) is 5.92 Å². The lowest BCUT2D eigenvalue weighted by Crippen LogP contribution is -2.48. The summed E-state index contributed by atoms with van der Waals surface area (Å²) in [6.07, 6.45) is 1.02. The van der Waals surface area contributed by atoms with Gasteiger partial charge in [0.15, 0.2) is 0 Å². The Bertz CT molecular complexity index is 323. The SMILES string of the molecule is CC1CNCCC1NC(=O)c1ccsc1. The summed E-state index contributed by atoms with van der Waals surface area (Å²) in [5.74, 6) is 0.580. The predicted octanol–water partition coefficient (Wildman–Crippen LogP) is 1.48. The Hall–Kier alpha value is -0.870. The third-order valence-electron chi connectivity index (χ3n) is 2.89. The first-order valence-corrected chi connectivity index (χ1v) is 6.25. The van der Waals surface area contributed by atoms with Crippen LogP contribution in [-0.2, 0) is 0 Å². The molecular weight excluding hydrogens is 208 g/mol. The van der Waals surface area contributed by atoms with Crippen LogP contribution in [0.1, 0.15) is 23.7 Å². The first-order valence-electron chi connectivity index (χ1n) is 5.31. The monoisotopic (exact) mass is 224 g/mol. The fourth-order valence-corrected chi connectivity index (χ4v) is 2.51. The third kappa shape index (κ3) is 2.58. The second-order valence-corrected chi connectivity index (χ2v) is 4.84. The molecule has 2 unspecified atom stereocenters. The second kappa shape index (κ2) is 4.77. The average Bonchev–Trinajstić information content (AvgIpc) is 2.74. The number of amides is 1.